The molecule has 1 aliphatic heterocycles. The number of carbonyl (C=O) groups is 2. The predicted octanol–water partition coefficient (Wildman–Crippen LogP) is -0.266. The second kappa shape index (κ2) is 8.23. The summed E-state index contributed by atoms with van der Waals surface area (Å²) in [5, 5.41) is 11.7. The highest BCUT2D eigenvalue weighted by molar-refractivity contribution is 7.99. The van der Waals surface area contributed by atoms with Crippen LogP contribution < -0.4 is 5.32 Å². The molecular formula is C11H21N3O4S. The van der Waals surface area contributed by atoms with Crippen LogP contribution in [0, 0.1) is 0 Å². The quantitative estimate of drug-likeness (QED) is 0.672. The van der Waals surface area contributed by atoms with Crippen molar-refractivity contribution in [3.63, 3.8) is 0 Å². The lowest BCUT2D eigenvalue weighted by atomic mass is 10.3. The molecule has 0 aliphatic carbocycles. The lowest BCUT2D eigenvalue weighted by Gasteiger charge is -2.22. The highest BCUT2D eigenvalue weighted by atomic mass is 32.2. The normalized spacial score (nSPS) is 18.9. The van der Waals surface area contributed by atoms with Crippen molar-refractivity contribution in [2.75, 3.05) is 52.0 Å². The number of methoxy groups -OCH3 is 1. The smallest absolute Gasteiger partial charge is 0.327 e. The summed E-state index contributed by atoms with van der Waals surface area (Å²) in [5.41, 5.74) is 0. The fourth-order valence-corrected chi connectivity index (χ4v) is 2.81. The molecular weight excluding hydrogens is 270 g/mol. The van der Waals surface area contributed by atoms with E-state index >= 15 is 0 Å². The molecule has 1 atom stereocenters. The molecule has 0 aromatic rings. The van der Waals surface area contributed by atoms with E-state index in [0.717, 1.165) is 6.54 Å². The number of carboxylic acid groups (broad SMARTS) is 1. The highest BCUT2D eigenvalue weighted by Gasteiger charge is 2.34. The number of likely N-dealkylation sites (N-methyl/N-ethyl adjacent to an activating group) is 1. The molecule has 1 rings (SSSR count). The fraction of sp³-hybridized carbons (Fsp3) is 0.818. The van der Waals surface area contributed by atoms with Crippen LogP contribution in [0.2, 0.25) is 0 Å². The van der Waals surface area contributed by atoms with Crippen LogP contribution in [0.4, 0.5) is 4.79 Å². The van der Waals surface area contributed by atoms with Gasteiger partial charge in [-0.15, -0.1) is 11.8 Å². The van der Waals surface area contributed by atoms with Gasteiger partial charge in [0, 0.05) is 32.5 Å². The van der Waals surface area contributed by atoms with Crippen molar-refractivity contribution < 1.29 is 19.4 Å². The first kappa shape index (κ1) is 16.1. The number of urea groups is 1. The topological polar surface area (TPSA) is 82.1 Å². The third-order valence-corrected chi connectivity index (χ3v) is 3.89. The van der Waals surface area contributed by atoms with E-state index in [-0.39, 0.29) is 6.03 Å². The van der Waals surface area contributed by atoms with Gasteiger partial charge in [0.1, 0.15) is 6.04 Å². The first-order valence-electron chi connectivity index (χ1n) is 6.08. The lowest BCUT2D eigenvalue weighted by molar-refractivity contribution is -0.140. The number of ether oxygens (including phenoxy) is 1. The summed E-state index contributed by atoms with van der Waals surface area (Å²) in [6.45, 7) is 2.64. The minimum atomic E-state index is -0.947. The van der Waals surface area contributed by atoms with Crippen molar-refractivity contribution in [2.45, 2.75) is 6.04 Å². The van der Waals surface area contributed by atoms with Gasteiger partial charge in [0.25, 0.3) is 0 Å². The van der Waals surface area contributed by atoms with Gasteiger partial charge in [0.2, 0.25) is 0 Å². The summed E-state index contributed by atoms with van der Waals surface area (Å²) in [7, 11) is 3.59. The van der Waals surface area contributed by atoms with Crippen molar-refractivity contribution in [1.29, 1.82) is 0 Å². The maximum absolute atomic E-state index is 11.9. The summed E-state index contributed by atoms with van der Waals surface area (Å²) in [4.78, 5) is 26.2. The molecule has 110 valence electrons. The van der Waals surface area contributed by atoms with Crippen molar-refractivity contribution in [3.8, 4) is 0 Å². The third-order valence-electron chi connectivity index (χ3n) is 2.88. The standard InChI is InChI=1S/C11H21N3O4S/c1-13(5-6-18-2)4-3-12-11(17)14-8-19-7-9(14)10(15)16/h9H,3-8H2,1-2H3,(H,12,17)(H,15,16)/t9-/m0/s1. The predicted molar refractivity (Wildman–Crippen MR) is 73.4 cm³/mol. The minimum absolute atomic E-state index is 0.308. The summed E-state index contributed by atoms with van der Waals surface area (Å²) in [5.74, 6) is -0.0592. The van der Waals surface area contributed by atoms with E-state index in [1.54, 1.807) is 7.11 Å². The van der Waals surface area contributed by atoms with Crippen LogP contribution in [-0.4, -0.2) is 85.0 Å². The Labute approximate surface area is 117 Å². The molecule has 1 saturated heterocycles. The molecule has 0 bridgehead atoms. The van der Waals surface area contributed by atoms with Crippen molar-refractivity contribution in [1.82, 2.24) is 15.1 Å². The zero-order chi connectivity index (χ0) is 14.3. The van der Waals surface area contributed by atoms with Gasteiger partial charge in [-0.1, -0.05) is 0 Å². The molecule has 0 radical (unpaired) electrons. The lowest BCUT2D eigenvalue weighted by Crippen LogP contribution is -2.48. The van der Waals surface area contributed by atoms with Gasteiger partial charge >= 0.3 is 12.0 Å². The zero-order valence-electron chi connectivity index (χ0n) is 11.3. The fourth-order valence-electron chi connectivity index (χ4n) is 1.66. The van der Waals surface area contributed by atoms with Crippen molar-refractivity contribution >= 4 is 23.8 Å². The van der Waals surface area contributed by atoms with Gasteiger partial charge in [0.15, 0.2) is 0 Å². The summed E-state index contributed by atoms with van der Waals surface area (Å²) in [6.07, 6.45) is 0. The van der Waals surface area contributed by atoms with Gasteiger partial charge in [-0.25, -0.2) is 9.59 Å². The second-order valence-electron chi connectivity index (χ2n) is 4.35. The van der Waals surface area contributed by atoms with E-state index in [4.69, 9.17) is 9.84 Å². The van der Waals surface area contributed by atoms with Gasteiger partial charge in [-0.2, -0.15) is 0 Å². The largest absolute Gasteiger partial charge is 0.480 e. The Bertz CT molecular complexity index is 316. The molecule has 1 fully saturated rings. The first-order valence-corrected chi connectivity index (χ1v) is 7.24. The number of nitrogens with zero attached hydrogens (tertiary/aromatic N) is 2. The molecule has 0 aromatic carbocycles. The number of hydrogen-bond donors (Lipinski definition) is 2. The monoisotopic (exact) mass is 291 g/mol. The highest BCUT2D eigenvalue weighted by Crippen LogP contribution is 2.20. The van der Waals surface area contributed by atoms with Crippen LogP contribution in [0.3, 0.4) is 0 Å². The number of hydrogen-bond acceptors (Lipinski definition) is 5. The van der Waals surface area contributed by atoms with Gasteiger partial charge < -0.3 is 25.0 Å². The zero-order valence-corrected chi connectivity index (χ0v) is 12.1. The van der Waals surface area contributed by atoms with Gasteiger partial charge in [-0.3, -0.25) is 0 Å². The third kappa shape index (κ3) is 5.25. The van der Waals surface area contributed by atoms with Crippen LogP contribution in [0.25, 0.3) is 0 Å². The van der Waals surface area contributed by atoms with Crippen LogP contribution in [0.5, 0.6) is 0 Å². The van der Waals surface area contributed by atoms with E-state index in [1.165, 1.54) is 16.7 Å². The Kier molecular flexibility index (Phi) is 6.96. The average Bonchev–Trinajstić information content (AvgIpc) is 2.85. The molecule has 0 aromatic heterocycles. The number of aliphatic carboxylic acids is 1. The van der Waals surface area contributed by atoms with Gasteiger partial charge in [0.05, 0.1) is 12.5 Å². The number of thioether (sulfide) groups is 1. The molecule has 2 amide bonds. The van der Waals surface area contributed by atoms with Crippen LogP contribution in [0.15, 0.2) is 0 Å². The SMILES string of the molecule is COCCN(C)CCNC(=O)N1CSC[C@H]1C(=O)O. The van der Waals surface area contributed by atoms with Crippen molar-refractivity contribution in [3.05, 3.63) is 0 Å². The molecule has 0 spiro atoms. The van der Waals surface area contributed by atoms with E-state index in [9.17, 15) is 9.59 Å². The van der Waals surface area contributed by atoms with E-state index in [0.29, 0.717) is 31.3 Å². The van der Waals surface area contributed by atoms with E-state index in [1.807, 2.05) is 11.9 Å². The Morgan fingerprint density at radius 1 is 1.53 bits per heavy atom. The Morgan fingerprint density at radius 2 is 2.26 bits per heavy atom. The second-order valence-corrected chi connectivity index (χ2v) is 5.35. The summed E-state index contributed by atoms with van der Waals surface area (Å²) < 4.78 is 4.96. The maximum Gasteiger partial charge on any atom is 0.327 e. The number of rotatable bonds is 7. The Hall–Kier alpha value is -0.990. The number of nitrogens with one attached hydrogen (secondary N) is 1. The molecule has 19 heavy (non-hydrogen) atoms. The molecule has 8 heteroatoms. The molecule has 1 heterocycles. The molecule has 7 nitrogen and oxygen atoms in total. The Morgan fingerprint density at radius 3 is 2.89 bits per heavy atom. The summed E-state index contributed by atoms with van der Waals surface area (Å²) in [6, 6.07) is -1.02. The van der Waals surface area contributed by atoms with Crippen molar-refractivity contribution in [2.24, 2.45) is 0 Å². The first-order chi connectivity index (χ1) is 9.06. The number of carboxylic acids is 1. The molecule has 2 N–H and O–H groups in total. The number of amides is 2. The van der Waals surface area contributed by atoms with Crippen LogP contribution in [0.1, 0.15) is 0 Å². The van der Waals surface area contributed by atoms with Crippen LogP contribution >= 0.6 is 11.8 Å². The summed E-state index contributed by atoms with van der Waals surface area (Å²) >= 11 is 1.46. The molecule has 0 saturated carbocycles. The maximum atomic E-state index is 11.9. The Balaban J connectivity index is 2.25. The molecule has 1 aliphatic rings. The average molecular weight is 291 g/mol. The number of carbonyl (C=O) groups excluding carboxylic acids is 1. The minimum Gasteiger partial charge on any atom is -0.480 e. The van der Waals surface area contributed by atoms with E-state index in [2.05, 4.69) is 5.32 Å². The van der Waals surface area contributed by atoms with Crippen LogP contribution in [-0.2, 0) is 9.53 Å². The van der Waals surface area contributed by atoms with E-state index < -0.39 is 12.0 Å². The molecule has 0 unspecified atom stereocenters. The van der Waals surface area contributed by atoms with Gasteiger partial charge in [-0.05, 0) is 7.05 Å².